The Morgan fingerprint density at radius 1 is 1.33 bits per heavy atom. The average Bonchev–Trinajstić information content (AvgIpc) is 2.09. The molecule has 0 heterocycles. The van der Waals surface area contributed by atoms with Crippen LogP contribution in [0.5, 0.6) is 0 Å². The number of rotatable bonds is 1. The SMILES string of the molecule is N#CSc1ccc(C#N)cc1Cl. The summed E-state index contributed by atoms with van der Waals surface area (Å²) in [6.45, 7) is 0. The molecule has 0 saturated carbocycles. The Labute approximate surface area is 79.4 Å². The van der Waals surface area contributed by atoms with E-state index in [4.69, 9.17) is 22.1 Å². The van der Waals surface area contributed by atoms with Crippen molar-refractivity contribution < 1.29 is 0 Å². The second-order valence-electron chi connectivity index (χ2n) is 1.95. The molecule has 0 atom stereocenters. The van der Waals surface area contributed by atoms with E-state index in [0.717, 1.165) is 11.8 Å². The summed E-state index contributed by atoms with van der Waals surface area (Å²) in [5, 5.41) is 19.2. The van der Waals surface area contributed by atoms with E-state index in [0.29, 0.717) is 15.5 Å². The minimum Gasteiger partial charge on any atom is -0.192 e. The molecule has 0 radical (unpaired) electrons. The van der Waals surface area contributed by atoms with Gasteiger partial charge >= 0.3 is 0 Å². The average molecular weight is 195 g/mol. The fourth-order valence-electron chi connectivity index (χ4n) is 0.702. The first kappa shape index (κ1) is 8.93. The van der Waals surface area contributed by atoms with Crippen LogP contribution < -0.4 is 0 Å². The van der Waals surface area contributed by atoms with Gasteiger partial charge in [-0.3, -0.25) is 0 Å². The number of thiocyanates is 1. The normalized spacial score (nSPS) is 8.58. The van der Waals surface area contributed by atoms with Gasteiger partial charge in [0.25, 0.3) is 0 Å². The fraction of sp³-hybridized carbons (Fsp3) is 0. The second kappa shape index (κ2) is 4.01. The predicted molar refractivity (Wildman–Crippen MR) is 47.6 cm³/mol. The number of benzene rings is 1. The van der Waals surface area contributed by atoms with Crippen LogP contribution in [0.2, 0.25) is 5.02 Å². The maximum atomic E-state index is 8.50. The van der Waals surface area contributed by atoms with Crippen LogP contribution in [0.1, 0.15) is 5.56 Å². The van der Waals surface area contributed by atoms with Crippen LogP contribution in [0.4, 0.5) is 0 Å². The second-order valence-corrected chi connectivity index (χ2v) is 3.18. The summed E-state index contributed by atoms with van der Waals surface area (Å²) in [5.74, 6) is 0. The zero-order valence-corrected chi connectivity index (χ0v) is 7.49. The first-order valence-electron chi connectivity index (χ1n) is 3.03. The topological polar surface area (TPSA) is 47.6 Å². The van der Waals surface area contributed by atoms with Gasteiger partial charge in [0.15, 0.2) is 0 Å². The molecule has 1 aromatic rings. The number of halogens is 1. The molecule has 0 aromatic heterocycles. The van der Waals surface area contributed by atoms with E-state index in [-0.39, 0.29) is 0 Å². The van der Waals surface area contributed by atoms with Crippen LogP contribution in [-0.4, -0.2) is 0 Å². The monoisotopic (exact) mass is 194 g/mol. The van der Waals surface area contributed by atoms with Gasteiger partial charge in [-0.05, 0) is 30.0 Å². The van der Waals surface area contributed by atoms with Crippen molar-refractivity contribution in [3.05, 3.63) is 28.8 Å². The summed E-state index contributed by atoms with van der Waals surface area (Å²) in [4.78, 5) is 0.679. The molecule has 12 heavy (non-hydrogen) atoms. The number of nitrogens with zero attached hydrogens (tertiary/aromatic N) is 2. The summed E-state index contributed by atoms with van der Waals surface area (Å²) in [6, 6.07) is 6.80. The molecule has 58 valence electrons. The molecule has 0 fully saturated rings. The highest BCUT2D eigenvalue weighted by atomic mass is 35.5. The third-order valence-corrected chi connectivity index (χ3v) is 2.31. The van der Waals surface area contributed by atoms with Gasteiger partial charge in [-0.2, -0.15) is 10.5 Å². The number of nitriles is 2. The molecule has 1 rings (SSSR count). The zero-order chi connectivity index (χ0) is 8.97. The smallest absolute Gasteiger partial charge is 0.138 e. The molecule has 0 saturated heterocycles. The van der Waals surface area contributed by atoms with Crippen molar-refractivity contribution in [2.45, 2.75) is 4.90 Å². The maximum Gasteiger partial charge on any atom is 0.138 e. The van der Waals surface area contributed by atoms with Crippen LogP contribution in [0.3, 0.4) is 0 Å². The van der Waals surface area contributed by atoms with Crippen molar-refractivity contribution in [3.63, 3.8) is 0 Å². The molecule has 0 amide bonds. The Bertz CT molecular complexity index is 376. The Morgan fingerprint density at radius 3 is 2.58 bits per heavy atom. The van der Waals surface area contributed by atoms with Gasteiger partial charge in [0.2, 0.25) is 0 Å². The quantitative estimate of drug-likeness (QED) is 0.510. The molecule has 0 bridgehead atoms. The third-order valence-electron chi connectivity index (χ3n) is 1.22. The highest BCUT2D eigenvalue weighted by Gasteiger charge is 2.00. The predicted octanol–water partition coefficient (Wildman–Crippen LogP) is 2.78. The lowest BCUT2D eigenvalue weighted by Gasteiger charge is -1.96. The Morgan fingerprint density at radius 2 is 2.08 bits per heavy atom. The Hall–Kier alpha value is -1.16. The van der Waals surface area contributed by atoms with Gasteiger partial charge in [-0.25, -0.2) is 0 Å². The molecule has 1 aromatic carbocycles. The number of thioether (sulfide) groups is 1. The molecular formula is C8H3ClN2S. The number of hydrogen-bond donors (Lipinski definition) is 0. The van der Waals surface area contributed by atoms with Crippen molar-refractivity contribution in [2.75, 3.05) is 0 Å². The lowest BCUT2D eigenvalue weighted by Crippen LogP contribution is -1.76. The van der Waals surface area contributed by atoms with E-state index < -0.39 is 0 Å². The van der Waals surface area contributed by atoms with Crippen LogP contribution in [0.25, 0.3) is 0 Å². The van der Waals surface area contributed by atoms with Crippen LogP contribution in [-0.2, 0) is 0 Å². The van der Waals surface area contributed by atoms with Gasteiger partial charge in [-0.15, -0.1) is 0 Å². The third kappa shape index (κ3) is 1.92. The Kier molecular flexibility index (Phi) is 2.99. The molecule has 4 heteroatoms. The summed E-state index contributed by atoms with van der Waals surface area (Å²) >= 11 is 6.75. The first-order valence-corrected chi connectivity index (χ1v) is 4.23. The minimum absolute atomic E-state index is 0.445. The molecule has 0 aliphatic rings. The van der Waals surface area contributed by atoms with E-state index in [1.165, 1.54) is 0 Å². The molecule has 0 N–H and O–H groups in total. The Balaban J connectivity index is 3.07. The lowest BCUT2D eigenvalue weighted by atomic mass is 10.2. The molecule has 0 spiro atoms. The van der Waals surface area contributed by atoms with E-state index in [1.807, 2.05) is 11.5 Å². The summed E-state index contributed by atoms with van der Waals surface area (Å²) in [7, 11) is 0. The standard InChI is InChI=1S/C8H3ClN2S/c9-7-3-6(4-10)1-2-8(7)12-5-11/h1-3H. The molecular weight excluding hydrogens is 192 g/mol. The maximum absolute atomic E-state index is 8.50. The van der Waals surface area contributed by atoms with Gasteiger partial charge in [0.05, 0.1) is 16.7 Å². The summed E-state index contributed by atoms with van der Waals surface area (Å²) < 4.78 is 0. The van der Waals surface area contributed by atoms with Crippen LogP contribution in [0.15, 0.2) is 23.1 Å². The van der Waals surface area contributed by atoms with Gasteiger partial charge in [0, 0.05) is 4.90 Å². The van der Waals surface area contributed by atoms with E-state index in [1.54, 1.807) is 18.2 Å². The van der Waals surface area contributed by atoms with Crippen molar-refractivity contribution >= 4 is 23.4 Å². The van der Waals surface area contributed by atoms with E-state index >= 15 is 0 Å². The molecule has 2 nitrogen and oxygen atoms in total. The van der Waals surface area contributed by atoms with Crippen molar-refractivity contribution in [3.8, 4) is 11.5 Å². The lowest BCUT2D eigenvalue weighted by molar-refractivity contribution is 1.42. The van der Waals surface area contributed by atoms with E-state index in [2.05, 4.69) is 0 Å². The zero-order valence-electron chi connectivity index (χ0n) is 5.91. The summed E-state index contributed by atoms with van der Waals surface area (Å²) in [5.41, 5.74) is 0.502. The van der Waals surface area contributed by atoms with Gasteiger partial charge < -0.3 is 0 Å². The number of hydrogen-bond acceptors (Lipinski definition) is 3. The van der Waals surface area contributed by atoms with Crippen LogP contribution >= 0.6 is 23.4 Å². The highest BCUT2D eigenvalue weighted by molar-refractivity contribution is 8.03. The van der Waals surface area contributed by atoms with Crippen molar-refractivity contribution in [1.29, 1.82) is 10.5 Å². The molecule has 0 aliphatic carbocycles. The van der Waals surface area contributed by atoms with Gasteiger partial charge in [-0.1, -0.05) is 11.6 Å². The molecule has 0 unspecified atom stereocenters. The van der Waals surface area contributed by atoms with Crippen molar-refractivity contribution in [2.24, 2.45) is 0 Å². The van der Waals surface area contributed by atoms with Gasteiger partial charge in [0.1, 0.15) is 5.40 Å². The summed E-state index contributed by atoms with van der Waals surface area (Å²) in [6.07, 6.45) is 0. The highest BCUT2D eigenvalue weighted by Crippen LogP contribution is 2.26. The van der Waals surface area contributed by atoms with E-state index in [9.17, 15) is 0 Å². The largest absolute Gasteiger partial charge is 0.192 e. The minimum atomic E-state index is 0.445. The first-order chi connectivity index (χ1) is 5.77. The van der Waals surface area contributed by atoms with Crippen molar-refractivity contribution in [1.82, 2.24) is 0 Å². The molecule has 0 aliphatic heterocycles. The van der Waals surface area contributed by atoms with Crippen LogP contribution in [0, 0.1) is 22.0 Å². The fourth-order valence-corrected chi connectivity index (χ4v) is 1.39.